The highest BCUT2D eigenvalue weighted by atomic mass is 32.2. The monoisotopic (exact) mass is 346 g/mol. The van der Waals surface area contributed by atoms with Crippen LogP contribution < -0.4 is 15.4 Å². The Hall–Kier alpha value is -1.12. The van der Waals surface area contributed by atoms with Crippen molar-refractivity contribution in [2.75, 3.05) is 32.4 Å². The van der Waals surface area contributed by atoms with Gasteiger partial charge in [-0.05, 0) is 24.8 Å². The Morgan fingerprint density at radius 1 is 1.36 bits per heavy atom. The van der Waals surface area contributed by atoms with Crippen LogP contribution in [0.1, 0.15) is 31.1 Å². The molecule has 0 saturated carbocycles. The molecule has 126 valence electrons. The van der Waals surface area contributed by atoms with Gasteiger partial charge in [-0.2, -0.15) is 0 Å². The van der Waals surface area contributed by atoms with E-state index in [1.165, 1.54) is 4.88 Å². The summed E-state index contributed by atoms with van der Waals surface area (Å²) in [6.45, 7) is 5.71. The summed E-state index contributed by atoms with van der Waals surface area (Å²) in [5.74, 6) is 1.28. The molecule has 1 aromatic rings. The summed E-state index contributed by atoms with van der Waals surface area (Å²) in [5, 5.41) is 8.54. The first kappa shape index (κ1) is 18.9. The molecule has 0 aliphatic rings. The molecule has 1 unspecified atom stereocenters. The van der Waals surface area contributed by atoms with Crippen LogP contribution in [0.3, 0.4) is 0 Å². The van der Waals surface area contributed by atoms with E-state index in [9.17, 15) is 8.42 Å². The van der Waals surface area contributed by atoms with Crippen LogP contribution in [0.4, 0.5) is 0 Å². The summed E-state index contributed by atoms with van der Waals surface area (Å²) in [4.78, 5) is 5.51. The highest BCUT2D eigenvalue weighted by Gasteiger charge is 2.07. The Morgan fingerprint density at radius 3 is 2.73 bits per heavy atom. The summed E-state index contributed by atoms with van der Waals surface area (Å²) < 4.78 is 25.1. The highest BCUT2D eigenvalue weighted by Crippen LogP contribution is 2.19. The number of aliphatic imine (C=N–C) groups is 1. The number of thiophene rings is 1. The van der Waals surface area contributed by atoms with Crippen molar-refractivity contribution in [2.45, 2.75) is 26.2 Å². The fourth-order valence-electron chi connectivity index (χ4n) is 1.77. The third kappa shape index (κ3) is 7.24. The third-order valence-electron chi connectivity index (χ3n) is 3.18. The molecule has 0 radical (unpaired) electrons. The molecule has 0 spiro atoms. The van der Waals surface area contributed by atoms with Gasteiger partial charge in [0.05, 0.1) is 5.75 Å². The Balaban J connectivity index is 2.20. The minimum Gasteiger partial charge on any atom is -0.356 e. The van der Waals surface area contributed by atoms with Gasteiger partial charge in [0.2, 0.25) is 10.0 Å². The second kappa shape index (κ2) is 9.81. The van der Waals surface area contributed by atoms with Crippen LogP contribution in [0.2, 0.25) is 0 Å². The largest absolute Gasteiger partial charge is 0.356 e. The lowest BCUT2D eigenvalue weighted by Gasteiger charge is -2.15. The van der Waals surface area contributed by atoms with Crippen LogP contribution in [0, 0.1) is 0 Å². The van der Waals surface area contributed by atoms with E-state index >= 15 is 0 Å². The van der Waals surface area contributed by atoms with E-state index in [4.69, 9.17) is 0 Å². The lowest BCUT2D eigenvalue weighted by atomic mass is 10.1. The van der Waals surface area contributed by atoms with Gasteiger partial charge in [-0.15, -0.1) is 11.3 Å². The summed E-state index contributed by atoms with van der Waals surface area (Å²) in [6.07, 6.45) is 0.709. The molecular formula is C14H26N4O2S2. The third-order valence-corrected chi connectivity index (χ3v) is 5.68. The fourth-order valence-corrected chi connectivity index (χ4v) is 3.21. The summed E-state index contributed by atoms with van der Waals surface area (Å²) in [5.41, 5.74) is 0. The van der Waals surface area contributed by atoms with Crippen molar-refractivity contribution in [3.8, 4) is 0 Å². The predicted octanol–water partition coefficient (Wildman–Crippen LogP) is 1.35. The topological polar surface area (TPSA) is 82.6 Å². The Kier molecular flexibility index (Phi) is 8.44. The number of nitrogens with one attached hydrogen (secondary N) is 3. The van der Waals surface area contributed by atoms with Gasteiger partial charge < -0.3 is 10.6 Å². The zero-order valence-electron chi connectivity index (χ0n) is 13.4. The van der Waals surface area contributed by atoms with Gasteiger partial charge in [-0.1, -0.05) is 13.0 Å². The molecule has 1 atom stereocenters. The first-order valence-corrected chi connectivity index (χ1v) is 9.97. The van der Waals surface area contributed by atoms with Crippen LogP contribution in [0.15, 0.2) is 22.5 Å². The van der Waals surface area contributed by atoms with E-state index in [0.717, 1.165) is 12.5 Å². The van der Waals surface area contributed by atoms with Crippen LogP contribution in [-0.2, 0) is 10.0 Å². The average Bonchev–Trinajstić information content (AvgIpc) is 3.04. The van der Waals surface area contributed by atoms with Gasteiger partial charge in [0.15, 0.2) is 5.96 Å². The van der Waals surface area contributed by atoms with Crippen molar-refractivity contribution in [3.63, 3.8) is 0 Å². The molecule has 0 saturated heterocycles. The highest BCUT2D eigenvalue weighted by molar-refractivity contribution is 7.89. The first-order valence-electron chi connectivity index (χ1n) is 7.43. The summed E-state index contributed by atoms with van der Waals surface area (Å²) in [6, 6.07) is 4.19. The number of sulfonamides is 1. The normalized spacial score (nSPS) is 13.9. The van der Waals surface area contributed by atoms with E-state index in [0.29, 0.717) is 25.4 Å². The van der Waals surface area contributed by atoms with E-state index < -0.39 is 10.0 Å². The van der Waals surface area contributed by atoms with E-state index in [2.05, 4.69) is 44.8 Å². The molecule has 0 aliphatic carbocycles. The fraction of sp³-hybridized carbons (Fsp3) is 0.643. The standard InChI is InChI=1S/C14H26N4O2S2/c1-4-22(19,20)18-9-6-8-16-14(15-3)17-11-12(2)13-7-5-10-21-13/h5,7,10,12,18H,4,6,8-9,11H2,1-3H3,(H2,15,16,17). The maximum absolute atomic E-state index is 11.3. The average molecular weight is 347 g/mol. The molecule has 0 bridgehead atoms. The van der Waals surface area contributed by atoms with E-state index in [1.54, 1.807) is 25.3 Å². The van der Waals surface area contributed by atoms with Gasteiger partial charge in [0.25, 0.3) is 0 Å². The number of hydrogen-bond donors (Lipinski definition) is 3. The van der Waals surface area contributed by atoms with E-state index in [1.807, 2.05) is 0 Å². The maximum atomic E-state index is 11.3. The zero-order chi connectivity index (χ0) is 16.4. The molecule has 6 nitrogen and oxygen atoms in total. The molecule has 1 heterocycles. The number of rotatable bonds is 9. The molecular weight excluding hydrogens is 320 g/mol. The van der Waals surface area contributed by atoms with E-state index in [-0.39, 0.29) is 5.75 Å². The van der Waals surface area contributed by atoms with Gasteiger partial charge in [0.1, 0.15) is 0 Å². The Labute approximate surface area is 137 Å². The number of guanidine groups is 1. The van der Waals surface area contributed by atoms with Crippen molar-refractivity contribution in [3.05, 3.63) is 22.4 Å². The van der Waals surface area contributed by atoms with Crippen LogP contribution in [-0.4, -0.2) is 46.8 Å². The lowest BCUT2D eigenvalue weighted by molar-refractivity contribution is 0.579. The van der Waals surface area contributed by atoms with Gasteiger partial charge >= 0.3 is 0 Å². The van der Waals surface area contributed by atoms with Crippen molar-refractivity contribution in [2.24, 2.45) is 4.99 Å². The van der Waals surface area contributed by atoms with Gasteiger partial charge in [0, 0.05) is 37.5 Å². The molecule has 1 aromatic heterocycles. The summed E-state index contributed by atoms with van der Waals surface area (Å²) in [7, 11) is -1.37. The molecule has 3 N–H and O–H groups in total. The minimum atomic E-state index is -3.09. The number of hydrogen-bond acceptors (Lipinski definition) is 4. The second-order valence-corrected chi connectivity index (χ2v) is 8.02. The lowest BCUT2D eigenvalue weighted by Crippen LogP contribution is -2.40. The van der Waals surface area contributed by atoms with Gasteiger partial charge in [-0.3, -0.25) is 4.99 Å². The smallest absolute Gasteiger partial charge is 0.211 e. The Bertz CT molecular complexity index is 541. The molecule has 1 rings (SSSR count). The van der Waals surface area contributed by atoms with Crippen molar-refractivity contribution in [1.82, 2.24) is 15.4 Å². The van der Waals surface area contributed by atoms with Crippen LogP contribution in [0.5, 0.6) is 0 Å². The zero-order valence-corrected chi connectivity index (χ0v) is 15.1. The molecule has 0 aromatic carbocycles. The quantitative estimate of drug-likeness (QED) is 0.358. The van der Waals surface area contributed by atoms with Crippen molar-refractivity contribution in [1.29, 1.82) is 0 Å². The summed E-state index contributed by atoms with van der Waals surface area (Å²) >= 11 is 1.75. The molecule has 0 fully saturated rings. The predicted molar refractivity (Wildman–Crippen MR) is 94.2 cm³/mol. The maximum Gasteiger partial charge on any atom is 0.211 e. The van der Waals surface area contributed by atoms with Crippen molar-refractivity contribution >= 4 is 27.3 Å². The Morgan fingerprint density at radius 2 is 2.14 bits per heavy atom. The van der Waals surface area contributed by atoms with Crippen LogP contribution >= 0.6 is 11.3 Å². The van der Waals surface area contributed by atoms with Crippen LogP contribution in [0.25, 0.3) is 0 Å². The SMILES string of the molecule is CCS(=O)(=O)NCCCNC(=NC)NCC(C)c1cccs1. The molecule has 8 heteroatoms. The molecule has 0 aliphatic heterocycles. The minimum absolute atomic E-state index is 0.115. The van der Waals surface area contributed by atoms with Crippen molar-refractivity contribution < 1.29 is 8.42 Å². The molecule has 0 amide bonds. The molecule has 22 heavy (non-hydrogen) atoms. The van der Waals surface area contributed by atoms with Gasteiger partial charge in [-0.25, -0.2) is 13.1 Å². The first-order chi connectivity index (χ1) is 10.5. The number of nitrogens with zero attached hydrogens (tertiary/aromatic N) is 1. The second-order valence-electron chi connectivity index (χ2n) is 4.95.